The van der Waals surface area contributed by atoms with Gasteiger partial charge in [-0.2, -0.15) is 5.10 Å². The molecule has 0 aliphatic rings. The first-order valence-electron chi connectivity index (χ1n) is 6.11. The summed E-state index contributed by atoms with van der Waals surface area (Å²) >= 11 is 5.89. The van der Waals surface area contributed by atoms with Gasteiger partial charge in [0.1, 0.15) is 0 Å². The summed E-state index contributed by atoms with van der Waals surface area (Å²) in [5, 5.41) is 8.17. The van der Waals surface area contributed by atoms with Gasteiger partial charge in [-0.25, -0.2) is 0 Å². The number of hydrogen-bond donors (Lipinski definition) is 1. The van der Waals surface area contributed by atoms with Gasteiger partial charge in [-0.05, 0) is 36.8 Å². The molecule has 0 saturated carbocycles. The lowest BCUT2D eigenvalue weighted by Crippen LogP contribution is -1.78. The van der Waals surface area contributed by atoms with E-state index >= 15 is 0 Å². The summed E-state index contributed by atoms with van der Waals surface area (Å²) < 4.78 is 0. The van der Waals surface area contributed by atoms with E-state index in [4.69, 9.17) is 11.6 Å². The Morgan fingerprint density at radius 3 is 2.47 bits per heavy atom. The Morgan fingerprint density at radius 1 is 0.947 bits per heavy atom. The third-order valence-corrected chi connectivity index (χ3v) is 3.30. The third-order valence-electron chi connectivity index (χ3n) is 3.05. The first-order valence-corrected chi connectivity index (χ1v) is 6.48. The van der Waals surface area contributed by atoms with Crippen LogP contribution in [-0.4, -0.2) is 10.2 Å². The zero-order valence-electron chi connectivity index (χ0n) is 10.5. The molecule has 0 fully saturated rings. The largest absolute Gasteiger partial charge is 0.277 e. The summed E-state index contributed by atoms with van der Waals surface area (Å²) in [6.45, 7) is 2.08. The van der Waals surface area contributed by atoms with Gasteiger partial charge in [-0.15, -0.1) is 0 Å². The van der Waals surface area contributed by atoms with Crippen LogP contribution >= 0.6 is 11.6 Å². The minimum absolute atomic E-state index is 0.738. The number of nitrogens with one attached hydrogen (secondary N) is 1. The molecule has 0 aliphatic heterocycles. The zero-order valence-corrected chi connectivity index (χ0v) is 11.3. The van der Waals surface area contributed by atoms with Crippen LogP contribution in [0.3, 0.4) is 0 Å². The molecule has 0 atom stereocenters. The average Bonchev–Trinajstić information content (AvgIpc) is 2.89. The lowest BCUT2D eigenvalue weighted by atomic mass is 10.1. The number of hydrogen-bond acceptors (Lipinski definition) is 1. The molecule has 0 aliphatic carbocycles. The Balaban J connectivity index is 1.97. The predicted molar refractivity (Wildman–Crippen MR) is 79.2 cm³/mol. The van der Waals surface area contributed by atoms with Crippen LogP contribution in [0.25, 0.3) is 22.5 Å². The van der Waals surface area contributed by atoms with Crippen LogP contribution in [0.15, 0.2) is 54.6 Å². The van der Waals surface area contributed by atoms with Crippen molar-refractivity contribution in [1.29, 1.82) is 0 Å². The molecule has 1 heterocycles. The molecule has 0 radical (unpaired) electrons. The Hall–Kier alpha value is -2.06. The average molecular weight is 269 g/mol. The molecule has 0 amide bonds. The molecule has 2 aromatic carbocycles. The van der Waals surface area contributed by atoms with Crippen molar-refractivity contribution in [3.05, 3.63) is 65.2 Å². The van der Waals surface area contributed by atoms with Gasteiger partial charge in [-0.1, -0.05) is 47.5 Å². The molecule has 3 heteroatoms. The Morgan fingerprint density at radius 2 is 1.74 bits per heavy atom. The SMILES string of the molecule is Cc1cccc(-c2cc(-c3ccc(Cl)cc3)[nH]n2)c1. The number of halogens is 1. The minimum Gasteiger partial charge on any atom is -0.277 e. The van der Waals surface area contributed by atoms with Crippen molar-refractivity contribution in [2.45, 2.75) is 6.92 Å². The van der Waals surface area contributed by atoms with Gasteiger partial charge in [0.25, 0.3) is 0 Å². The van der Waals surface area contributed by atoms with Crippen LogP contribution in [0.1, 0.15) is 5.56 Å². The molecule has 0 saturated heterocycles. The van der Waals surface area contributed by atoms with Gasteiger partial charge in [0.2, 0.25) is 0 Å². The van der Waals surface area contributed by atoms with E-state index in [2.05, 4.69) is 41.4 Å². The fraction of sp³-hybridized carbons (Fsp3) is 0.0625. The maximum Gasteiger partial charge on any atom is 0.0927 e. The molecule has 0 spiro atoms. The summed E-state index contributed by atoms with van der Waals surface area (Å²) in [4.78, 5) is 0. The van der Waals surface area contributed by atoms with E-state index in [-0.39, 0.29) is 0 Å². The summed E-state index contributed by atoms with van der Waals surface area (Å²) in [7, 11) is 0. The van der Waals surface area contributed by atoms with Gasteiger partial charge >= 0.3 is 0 Å². The molecule has 1 aromatic heterocycles. The summed E-state index contributed by atoms with van der Waals surface area (Å²) in [6.07, 6.45) is 0. The molecule has 0 unspecified atom stereocenters. The zero-order chi connectivity index (χ0) is 13.2. The lowest BCUT2D eigenvalue weighted by molar-refractivity contribution is 1.10. The summed E-state index contributed by atoms with van der Waals surface area (Å²) in [5.41, 5.74) is 5.38. The Kier molecular flexibility index (Phi) is 3.10. The number of H-pyrrole nitrogens is 1. The van der Waals surface area contributed by atoms with Crippen molar-refractivity contribution in [1.82, 2.24) is 10.2 Å². The molecule has 0 bridgehead atoms. The minimum atomic E-state index is 0.738. The molecule has 2 nitrogen and oxygen atoms in total. The van der Waals surface area contributed by atoms with Gasteiger partial charge in [0, 0.05) is 10.6 Å². The summed E-state index contributed by atoms with van der Waals surface area (Å²) in [5.74, 6) is 0. The Labute approximate surface area is 117 Å². The highest BCUT2D eigenvalue weighted by Gasteiger charge is 2.05. The summed E-state index contributed by atoms with van der Waals surface area (Å²) in [6, 6.07) is 18.1. The molecule has 19 heavy (non-hydrogen) atoms. The maximum atomic E-state index is 5.89. The van der Waals surface area contributed by atoms with Crippen molar-refractivity contribution < 1.29 is 0 Å². The van der Waals surface area contributed by atoms with Crippen molar-refractivity contribution in [2.24, 2.45) is 0 Å². The van der Waals surface area contributed by atoms with Crippen LogP contribution < -0.4 is 0 Å². The van der Waals surface area contributed by atoms with Crippen LogP contribution in [0.5, 0.6) is 0 Å². The number of benzene rings is 2. The van der Waals surface area contributed by atoms with Crippen LogP contribution in [0, 0.1) is 6.92 Å². The quantitative estimate of drug-likeness (QED) is 0.717. The van der Waals surface area contributed by atoms with E-state index in [1.54, 1.807) is 0 Å². The number of aromatic amines is 1. The van der Waals surface area contributed by atoms with Gasteiger partial charge in [-0.3, -0.25) is 5.10 Å². The fourth-order valence-electron chi connectivity index (χ4n) is 2.05. The van der Waals surface area contributed by atoms with Gasteiger partial charge < -0.3 is 0 Å². The highest BCUT2D eigenvalue weighted by molar-refractivity contribution is 6.30. The number of aromatic nitrogens is 2. The van der Waals surface area contributed by atoms with E-state index in [1.165, 1.54) is 5.56 Å². The monoisotopic (exact) mass is 268 g/mol. The van der Waals surface area contributed by atoms with E-state index in [0.717, 1.165) is 27.5 Å². The second kappa shape index (κ2) is 4.90. The normalized spacial score (nSPS) is 10.6. The predicted octanol–water partition coefficient (Wildman–Crippen LogP) is 4.71. The number of rotatable bonds is 2. The van der Waals surface area contributed by atoms with Crippen molar-refractivity contribution in [2.75, 3.05) is 0 Å². The first kappa shape index (κ1) is 12.0. The van der Waals surface area contributed by atoms with Crippen molar-refractivity contribution >= 4 is 11.6 Å². The first-order chi connectivity index (χ1) is 9.22. The number of aryl methyl sites for hydroxylation is 1. The van der Waals surface area contributed by atoms with E-state index in [1.807, 2.05) is 30.3 Å². The fourth-order valence-corrected chi connectivity index (χ4v) is 2.18. The van der Waals surface area contributed by atoms with Crippen LogP contribution in [0.4, 0.5) is 0 Å². The second-order valence-corrected chi connectivity index (χ2v) is 4.98. The van der Waals surface area contributed by atoms with E-state index < -0.39 is 0 Å². The van der Waals surface area contributed by atoms with Crippen molar-refractivity contribution in [3.63, 3.8) is 0 Å². The topological polar surface area (TPSA) is 28.7 Å². The van der Waals surface area contributed by atoms with Crippen LogP contribution in [0.2, 0.25) is 5.02 Å². The molecular formula is C16H13ClN2. The smallest absolute Gasteiger partial charge is 0.0927 e. The van der Waals surface area contributed by atoms with Gasteiger partial charge in [0.15, 0.2) is 0 Å². The number of nitrogens with zero attached hydrogens (tertiary/aromatic N) is 1. The van der Waals surface area contributed by atoms with E-state index in [0.29, 0.717) is 0 Å². The highest BCUT2D eigenvalue weighted by atomic mass is 35.5. The molecule has 3 aromatic rings. The van der Waals surface area contributed by atoms with Crippen LogP contribution in [-0.2, 0) is 0 Å². The highest BCUT2D eigenvalue weighted by Crippen LogP contribution is 2.25. The molecule has 3 rings (SSSR count). The third kappa shape index (κ3) is 2.54. The van der Waals surface area contributed by atoms with E-state index in [9.17, 15) is 0 Å². The lowest BCUT2D eigenvalue weighted by Gasteiger charge is -1.97. The standard InChI is InChI=1S/C16H13ClN2/c1-11-3-2-4-13(9-11)16-10-15(18-19-16)12-5-7-14(17)8-6-12/h2-10H,1H3,(H,18,19). The van der Waals surface area contributed by atoms with Gasteiger partial charge in [0.05, 0.1) is 11.4 Å². The Bertz CT molecular complexity index is 699. The maximum absolute atomic E-state index is 5.89. The van der Waals surface area contributed by atoms with Crippen molar-refractivity contribution in [3.8, 4) is 22.5 Å². The molecule has 1 N–H and O–H groups in total. The second-order valence-electron chi connectivity index (χ2n) is 4.54. The molecular weight excluding hydrogens is 256 g/mol. The molecule has 94 valence electrons.